The number of hydrogen-bond acceptors (Lipinski definition) is 6. The van der Waals surface area contributed by atoms with Crippen molar-refractivity contribution in [2.45, 2.75) is 90.3 Å². The molecule has 2 fully saturated rings. The van der Waals surface area contributed by atoms with E-state index in [0.717, 1.165) is 123 Å². The Morgan fingerprint density at radius 2 is 0.817 bits per heavy atom. The Morgan fingerprint density at radius 3 is 1.13 bits per heavy atom. The molecule has 0 aromatic heterocycles. The number of hydrogen-bond donors (Lipinski definition) is 0. The minimum absolute atomic E-state index is 0.0346. The molecule has 2 aliphatic heterocycles. The summed E-state index contributed by atoms with van der Waals surface area (Å²) in [5, 5.41) is 0. The molecule has 2 aliphatic rings. The fourth-order valence-electron chi connectivity index (χ4n) is 7.40. The van der Waals surface area contributed by atoms with Crippen LogP contribution in [0.15, 0.2) is 121 Å². The lowest BCUT2D eigenvalue weighted by Crippen LogP contribution is -2.33. The van der Waals surface area contributed by atoms with Crippen molar-refractivity contribution in [1.82, 2.24) is 0 Å². The van der Waals surface area contributed by atoms with Gasteiger partial charge in [-0.2, -0.15) is 0 Å². The number of ether oxygens (including phenoxy) is 4. The molecule has 2 heterocycles. The summed E-state index contributed by atoms with van der Waals surface area (Å²) in [6.07, 6.45) is 11.0. The van der Waals surface area contributed by atoms with Gasteiger partial charge in [-0.15, -0.1) is 0 Å². The van der Waals surface area contributed by atoms with Crippen LogP contribution in [-0.4, -0.2) is 63.5 Å². The summed E-state index contributed by atoms with van der Waals surface area (Å²) >= 11 is 0. The molecule has 7 rings (SSSR count). The summed E-state index contributed by atoms with van der Waals surface area (Å²) in [6.45, 7) is 8.60. The molecule has 0 bridgehead atoms. The van der Waals surface area contributed by atoms with Gasteiger partial charge in [0.1, 0.15) is 11.5 Å². The Bertz CT molecular complexity index is 1920. The highest BCUT2D eigenvalue weighted by Gasteiger charge is 2.24. The van der Waals surface area contributed by atoms with E-state index in [0.29, 0.717) is 49.6 Å². The van der Waals surface area contributed by atoms with Gasteiger partial charge in [-0.3, -0.25) is 9.59 Å². The maximum atomic E-state index is 14.2. The predicted molar refractivity (Wildman–Crippen MR) is 242 cm³/mol. The first-order valence-electron chi connectivity index (χ1n) is 22.1. The van der Waals surface area contributed by atoms with Crippen molar-refractivity contribution in [3.8, 4) is 33.8 Å². The van der Waals surface area contributed by atoms with Gasteiger partial charge in [-0.1, -0.05) is 101 Å². The lowest BCUT2D eigenvalue weighted by molar-refractivity contribution is 0.0978. The van der Waals surface area contributed by atoms with Crippen LogP contribution in [-0.2, 0) is 9.47 Å². The number of carbonyl (C=O) groups is 2. The van der Waals surface area contributed by atoms with Crippen molar-refractivity contribution < 1.29 is 28.5 Å². The maximum absolute atomic E-state index is 14.2. The number of benzene rings is 5. The van der Waals surface area contributed by atoms with Gasteiger partial charge in [0.15, 0.2) is 0 Å². The number of carbonyl (C=O) groups excluding carboxylic acids is 2. The third-order valence-electron chi connectivity index (χ3n) is 11.3. The molecule has 0 N–H and O–H groups in total. The number of nitrogens with zero attached hydrogens (tertiary/aromatic N) is 2. The minimum atomic E-state index is -0.0346. The van der Waals surface area contributed by atoms with Crippen molar-refractivity contribution in [3.63, 3.8) is 0 Å². The fourth-order valence-corrected chi connectivity index (χ4v) is 7.40. The van der Waals surface area contributed by atoms with Crippen LogP contribution in [0.2, 0.25) is 0 Å². The third kappa shape index (κ3) is 12.3. The molecule has 0 aliphatic carbocycles. The number of amides is 2. The molecule has 8 heteroatoms. The van der Waals surface area contributed by atoms with Crippen LogP contribution >= 0.6 is 0 Å². The maximum Gasteiger partial charge on any atom is 0.258 e. The molecule has 0 spiro atoms. The van der Waals surface area contributed by atoms with Crippen LogP contribution in [0.25, 0.3) is 22.3 Å². The second-order valence-electron chi connectivity index (χ2n) is 15.9. The zero-order valence-corrected chi connectivity index (χ0v) is 35.4. The number of unbranched alkanes of at least 4 members (excludes halogenated alkanes) is 6. The zero-order valence-electron chi connectivity index (χ0n) is 35.4. The zero-order chi connectivity index (χ0) is 41.5. The van der Waals surface area contributed by atoms with E-state index in [1.54, 1.807) is 0 Å². The van der Waals surface area contributed by atoms with E-state index in [9.17, 15) is 9.59 Å². The average Bonchev–Trinajstić information content (AvgIpc) is 4.25. The Morgan fingerprint density at radius 1 is 0.483 bits per heavy atom. The third-order valence-corrected chi connectivity index (χ3v) is 11.3. The topological polar surface area (TPSA) is 84.1 Å². The molecule has 0 saturated carbocycles. The van der Waals surface area contributed by atoms with Crippen LogP contribution in [0.3, 0.4) is 0 Å². The van der Waals surface area contributed by atoms with Crippen molar-refractivity contribution in [3.05, 3.63) is 132 Å². The lowest BCUT2D eigenvalue weighted by atomic mass is 10.0. The monoisotopic (exact) mass is 808 g/mol. The van der Waals surface area contributed by atoms with Gasteiger partial charge in [0.2, 0.25) is 0 Å². The first kappa shape index (κ1) is 42.7. The molecule has 2 atom stereocenters. The van der Waals surface area contributed by atoms with Gasteiger partial charge in [-0.05, 0) is 108 Å². The van der Waals surface area contributed by atoms with Gasteiger partial charge in [0.05, 0.1) is 38.6 Å². The number of anilines is 2. The van der Waals surface area contributed by atoms with Crippen molar-refractivity contribution in [2.75, 3.05) is 49.3 Å². The molecule has 8 nitrogen and oxygen atoms in total. The van der Waals surface area contributed by atoms with Gasteiger partial charge in [0.25, 0.3) is 11.8 Å². The van der Waals surface area contributed by atoms with Crippen LogP contribution in [0, 0.1) is 0 Å². The molecular weight excluding hydrogens is 749 g/mol. The van der Waals surface area contributed by atoms with Crippen LogP contribution in [0.4, 0.5) is 11.4 Å². The van der Waals surface area contributed by atoms with E-state index >= 15 is 0 Å². The Labute approximate surface area is 356 Å². The van der Waals surface area contributed by atoms with Crippen molar-refractivity contribution >= 4 is 23.2 Å². The molecule has 0 radical (unpaired) electrons. The van der Waals surface area contributed by atoms with Crippen LogP contribution in [0.5, 0.6) is 11.5 Å². The predicted octanol–water partition coefficient (Wildman–Crippen LogP) is 11.8. The van der Waals surface area contributed by atoms with Crippen molar-refractivity contribution in [1.29, 1.82) is 0 Å². The summed E-state index contributed by atoms with van der Waals surface area (Å²) in [4.78, 5) is 32.2. The molecule has 2 saturated heterocycles. The lowest BCUT2D eigenvalue weighted by Gasteiger charge is -2.26. The molecule has 5 aromatic carbocycles. The first-order valence-corrected chi connectivity index (χ1v) is 22.1. The highest BCUT2D eigenvalue weighted by Crippen LogP contribution is 2.29. The van der Waals surface area contributed by atoms with E-state index < -0.39 is 0 Å². The SMILES string of the molecule is CCCCCCN(C(=O)c1ccc(-c2ccc(OCCC3CO3)cc2)cc1)c1ccc(N(CCCCCC)C(=O)c2ccc(-c3ccc(OCCC4CO4)cc3)cc2)cc1. The summed E-state index contributed by atoms with van der Waals surface area (Å²) in [5.41, 5.74) is 7.13. The number of rotatable bonds is 24. The van der Waals surface area contributed by atoms with Crippen molar-refractivity contribution in [2.24, 2.45) is 0 Å². The van der Waals surface area contributed by atoms with E-state index in [-0.39, 0.29) is 11.8 Å². The fraction of sp³-hybridized carbons (Fsp3) is 0.385. The van der Waals surface area contributed by atoms with Gasteiger partial charge in [0, 0.05) is 48.4 Å². The Hall–Kier alpha value is -5.44. The summed E-state index contributed by atoms with van der Waals surface area (Å²) in [5.74, 6) is 1.61. The second-order valence-corrected chi connectivity index (χ2v) is 15.9. The molecule has 60 heavy (non-hydrogen) atoms. The quantitative estimate of drug-likeness (QED) is 0.0456. The molecular formula is C52H60N2O6. The standard InChI is InChI=1S/C52H60N2O6/c1-3-5-7-9-33-53(51(55)43-15-11-39(12-16-43)41-19-27-47(28-20-41)57-35-31-49-37-59-49)45-23-25-46(26-24-45)54(34-10-8-6-4-2)52(56)44-17-13-40(14-18-44)42-21-29-48(30-22-42)58-36-32-50-38-60-50/h11-30,49-50H,3-10,31-38H2,1-2H3. The molecule has 314 valence electrons. The average molecular weight is 809 g/mol. The number of epoxide rings is 2. The van der Waals surface area contributed by atoms with E-state index in [4.69, 9.17) is 18.9 Å². The summed E-state index contributed by atoms with van der Waals surface area (Å²) < 4.78 is 22.3. The van der Waals surface area contributed by atoms with Crippen LogP contribution < -0.4 is 19.3 Å². The van der Waals surface area contributed by atoms with Gasteiger partial charge < -0.3 is 28.7 Å². The highest BCUT2D eigenvalue weighted by atomic mass is 16.6. The smallest absolute Gasteiger partial charge is 0.258 e. The normalized spacial score (nSPS) is 15.3. The molecule has 2 unspecified atom stereocenters. The molecule has 5 aromatic rings. The minimum Gasteiger partial charge on any atom is -0.493 e. The molecule has 2 amide bonds. The second kappa shape index (κ2) is 21.7. The Balaban J connectivity index is 1.03. The summed E-state index contributed by atoms with van der Waals surface area (Å²) in [6, 6.07) is 39.9. The largest absolute Gasteiger partial charge is 0.493 e. The first-order chi connectivity index (χ1) is 29.5. The van der Waals surface area contributed by atoms with E-state index in [1.807, 2.05) is 107 Å². The van der Waals surface area contributed by atoms with E-state index in [1.165, 1.54) is 0 Å². The van der Waals surface area contributed by atoms with E-state index in [2.05, 4.69) is 38.1 Å². The van der Waals surface area contributed by atoms with Gasteiger partial charge >= 0.3 is 0 Å². The highest BCUT2D eigenvalue weighted by molar-refractivity contribution is 6.08. The van der Waals surface area contributed by atoms with Crippen LogP contribution in [0.1, 0.15) is 98.8 Å². The van der Waals surface area contributed by atoms with Gasteiger partial charge in [-0.25, -0.2) is 0 Å². The summed E-state index contributed by atoms with van der Waals surface area (Å²) in [7, 11) is 0. The Kier molecular flexibility index (Phi) is 15.4.